The predicted molar refractivity (Wildman–Crippen MR) is 120 cm³/mol. The number of carbonyl (C=O) groups is 1. The molecule has 2 heteroatoms. The number of carbonyl (C=O) groups excluding carboxylic acids is 1. The van der Waals surface area contributed by atoms with Crippen LogP contribution in [0.3, 0.4) is 0 Å². The molecule has 2 rings (SSSR count). The van der Waals surface area contributed by atoms with Crippen molar-refractivity contribution in [2.75, 3.05) is 13.1 Å². The summed E-state index contributed by atoms with van der Waals surface area (Å²) in [4.78, 5) is 14.6. The Labute approximate surface area is 174 Å². The zero-order valence-corrected chi connectivity index (χ0v) is 18.8. The molecule has 0 aromatic heterocycles. The second-order valence-corrected chi connectivity index (χ2v) is 9.65. The van der Waals surface area contributed by atoms with E-state index >= 15 is 0 Å². The molecule has 1 atom stereocenters. The highest BCUT2D eigenvalue weighted by Gasteiger charge is 2.37. The van der Waals surface area contributed by atoms with Gasteiger partial charge in [-0.25, -0.2) is 0 Å². The highest BCUT2D eigenvalue weighted by Crippen LogP contribution is 2.37. The minimum atomic E-state index is 0.378. The first-order valence-electron chi connectivity index (χ1n) is 11.8. The third-order valence-corrected chi connectivity index (χ3v) is 6.35. The Kier molecular flexibility index (Phi) is 10.1. The van der Waals surface area contributed by atoms with E-state index in [0.29, 0.717) is 23.7 Å². The van der Waals surface area contributed by atoms with Crippen LogP contribution in [0.2, 0.25) is 0 Å². The predicted octanol–water partition coefficient (Wildman–Crippen LogP) is 7.05. The largest absolute Gasteiger partial charge is 0.342 e. The molecule has 2 nitrogen and oxygen atoms in total. The molecule has 0 saturated carbocycles. The molecule has 1 fully saturated rings. The highest BCUT2D eigenvalue weighted by atomic mass is 16.2. The average molecular weight is 386 g/mol. The molecular weight excluding hydrogens is 342 g/mol. The van der Waals surface area contributed by atoms with Crippen LogP contribution in [0.1, 0.15) is 97.0 Å². The molecule has 0 aliphatic carbocycles. The molecule has 1 aromatic carbocycles. The normalized spacial score (nSPS) is 15.9. The van der Waals surface area contributed by atoms with Gasteiger partial charge in [0.05, 0.1) is 0 Å². The van der Waals surface area contributed by atoms with Gasteiger partial charge in [0.2, 0.25) is 5.91 Å². The summed E-state index contributed by atoms with van der Waals surface area (Å²) in [6, 6.07) is 10.9. The van der Waals surface area contributed by atoms with E-state index in [2.05, 4.69) is 62.9 Å². The molecule has 0 spiro atoms. The third-order valence-electron chi connectivity index (χ3n) is 6.35. The van der Waals surface area contributed by atoms with E-state index in [0.717, 1.165) is 31.8 Å². The Hall–Kier alpha value is -1.31. The summed E-state index contributed by atoms with van der Waals surface area (Å²) < 4.78 is 0. The number of unbranched alkanes of at least 4 members (excludes halogenated alkanes) is 6. The molecule has 1 aromatic rings. The molecule has 28 heavy (non-hydrogen) atoms. The van der Waals surface area contributed by atoms with Crippen LogP contribution >= 0.6 is 0 Å². The third kappa shape index (κ3) is 7.60. The molecule has 1 amide bonds. The van der Waals surface area contributed by atoms with Crippen LogP contribution in [-0.2, 0) is 4.79 Å². The van der Waals surface area contributed by atoms with Gasteiger partial charge in [-0.05, 0) is 29.7 Å². The van der Waals surface area contributed by atoms with E-state index in [1.165, 1.54) is 50.5 Å². The first kappa shape index (κ1) is 23.0. The molecule has 1 aliphatic heterocycles. The number of benzene rings is 1. The van der Waals surface area contributed by atoms with Crippen LogP contribution in [0.5, 0.6) is 0 Å². The number of likely N-dealkylation sites (tertiary alicyclic amines) is 1. The van der Waals surface area contributed by atoms with Crippen molar-refractivity contribution in [3.05, 3.63) is 35.9 Å². The van der Waals surface area contributed by atoms with Crippen LogP contribution < -0.4 is 0 Å². The van der Waals surface area contributed by atoms with Gasteiger partial charge in [-0.1, -0.05) is 103 Å². The maximum Gasteiger partial charge on any atom is 0.222 e. The summed E-state index contributed by atoms with van der Waals surface area (Å²) in [5, 5.41) is 0. The van der Waals surface area contributed by atoms with Crippen LogP contribution in [0, 0.1) is 17.8 Å². The molecule has 1 heterocycles. The molecule has 0 radical (unpaired) electrons. The number of amides is 1. The quantitative estimate of drug-likeness (QED) is 0.333. The highest BCUT2D eigenvalue weighted by molar-refractivity contribution is 5.77. The van der Waals surface area contributed by atoms with Crippen LogP contribution in [0.15, 0.2) is 30.3 Å². The summed E-state index contributed by atoms with van der Waals surface area (Å²) in [5.41, 5.74) is 1.43. The van der Waals surface area contributed by atoms with Crippen LogP contribution in [0.4, 0.5) is 0 Å². The van der Waals surface area contributed by atoms with E-state index in [-0.39, 0.29) is 0 Å². The van der Waals surface area contributed by atoms with Crippen molar-refractivity contribution in [1.82, 2.24) is 4.90 Å². The Morgan fingerprint density at radius 3 is 2.04 bits per heavy atom. The fraction of sp³-hybridized carbons (Fsp3) is 0.731. The van der Waals surface area contributed by atoms with Crippen molar-refractivity contribution >= 4 is 5.91 Å². The minimum absolute atomic E-state index is 0.378. The van der Waals surface area contributed by atoms with Crippen LogP contribution in [-0.4, -0.2) is 23.9 Å². The average Bonchev–Trinajstić information content (AvgIpc) is 2.62. The molecule has 1 aliphatic rings. The summed E-state index contributed by atoms with van der Waals surface area (Å²) in [6.45, 7) is 11.1. The van der Waals surface area contributed by atoms with Crippen LogP contribution in [0.25, 0.3) is 0 Å². The summed E-state index contributed by atoms with van der Waals surface area (Å²) in [5.74, 6) is 3.03. The molecule has 158 valence electrons. The first-order valence-corrected chi connectivity index (χ1v) is 11.8. The monoisotopic (exact) mass is 385 g/mol. The standard InChI is InChI=1S/C26H43NO/c1-21(2)15-11-8-6-5-7-9-14-18-25(28)27-19-24(20-27)26(22(3)4)23-16-12-10-13-17-23/h10,12-13,16-17,21-22,24,26H,5-9,11,14-15,18-20H2,1-4H3/t26-/m1/s1. The maximum atomic E-state index is 12.5. The van der Waals surface area contributed by atoms with Gasteiger partial charge in [0.15, 0.2) is 0 Å². The SMILES string of the molecule is CC(C)CCCCCCCCCC(=O)N1CC([C@@H](c2ccccc2)C(C)C)C1. The van der Waals surface area contributed by atoms with E-state index in [1.54, 1.807) is 0 Å². The first-order chi connectivity index (χ1) is 13.5. The Bertz CT molecular complexity index is 545. The zero-order chi connectivity index (χ0) is 20.4. The minimum Gasteiger partial charge on any atom is -0.342 e. The van der Waals surface area contributed by atoms with Gasteiger partial charge in [-0.2, -0.15) is 0 Å². The van der Waals surface area contributed by atoms with Gasteiger partial charge < -0.3 is 4.90 Å². The van der Waals surface area contributed by atoms with E-state index in [4.69, 9.17) is 0 Å². The van der Waals surface area contributed by atoms with E-state index in [9.17, 15) is 4.79 Å². The summed E-state index contributed by atoms with van der Waals surface area (Å²) in [6.07, 6.45) is 11.2. The topological polar surface area (TPSA) is 20.3 Å². The van der Waals surface area contributed by atoms with Gasteiger partial charge in [-0.15, -0.1) is 0 Å². The lowest BCUT2D eigenvalue weighted by molar-refractivity contribution is -0.138. The van der Waals surface area contributed by atoms with Crippen molar-refractivity contribution in [2.45, 2.75) is 91.4 Å². The number of nitrogens with zero attached hydrogens (tertiary/aromatic N) is 1. The molecule has 0 N–H and O–H groups in total. The Morgan fingerprint density at radius 2 is 1.46 bits per heavy atom. The van der Waals surface area contributed by atoms with Gasteiger partial charge in [0, 0.05) is 25.4 Å². The number of hydrogen-bond acceptors (Lipinski definition) is 1. The molecule has 1 saturated heterocycles. The van der Waals surface area contributed by atoms with Crippen molar-refractivity contribution in [2.24, 2.45) is 17.8 Å². The smallest absolute Gasteiger partial charge is 0.222 e. The summed E-state index contributed by atoms with van der Waals surface area (Å²) >= 11 is 0. The second kappa shape index (κ2) is 12.3. The van der Waals surface area contributed by atoms with Gasteiger partial charge in [-0.3, -0.25) is 4.79 Å². The lowest BCUT2D eigenvalue weighted by Crippen LogP contribution is -2.52. The van der Waals surface area contributed by atoms with Crippen molar-refractivity contribution in [3.63, 3.8) is 0 Å². The summed E-state index contributed by atoms with van der Waals surface area (Å²) in [7, 11) is 0. The van der Waals surface area contributed by atoms with E-state index < -0.39 is 0 Å². The van der Waals surface area contributed by atoms with Crippen molar-refractivity contribution < 1.29 is 4.79 Å². The Balaban J connectivity index is 1.56. The van der Waals surface area contributed by atoms with Crippen molar-refractivity contribution in [1.29, 1.82) is 0 Å². The fourth-order valence-electron chi connectivity index (χ4n) is 4.69. The van der Waals surface area contributed by atoms with Gasteiger partial charge in [0.1, 0.15) is 0 Å². The number of hydrogen-bond donors (Lipinski definition) is 0. The maximum absolute atomic E-state index is 12.5. The van der Waals surface area contributed by atoms with E-state index in [1.807, 2.05) is 0 Å². The fourth-order valence-corrected chi connectivity index (χ4v) is 4.69. The lowest BCUT2D eigenvalue weighted by atomic mass is 9.74. The lowest BCUT2D eigenvalue weighted by Gasteiger charge is -2.45. The Morgan fingerprint density at radius 1 is 0.893 bits per heavy atom. The molecular formula is C26H43NO. The van der Waals surface area contributed by atoms with Gasteiger partial charge in [0.25, 0.3) is 0 Å². The second-order valence-electron chi connectivity index (χ2n) is 9.65. The zero-order valence-electron chi connectivity index (χ0n) is 18.8. The number of rotatable bonds is 13. The molecule has 0 bridgehead atoms. The molecule has 0 unspecified atom stereocenters. The van der Waals surface area contributed by atoms with Gasteiger partial charge >= 0.3 is 0 Å². The van der Waals surface area contributed by atoms with Crippen molar-refractivity contribution in [3.8, 4) is 0 Å².